The van der Waals surface area contributed by atoms with Crippen LogP contribution in [-0.4, -0.2) is 33.9 Å². The fraction of sp³-hybridized carbons (Fsp3) is 0.312. The SMILES string of the molecule is O=C(NNc1ncnc(N2CCCCC2)c1[N+](=O)[O-])c1ccc(Cl)cc1Cl. The third-order valence-electron chi connectivity index (χ3n) is 4.11. The van der Waals surface area contributed by atoms with Gasteiger partial charge in [0.05, 0.1) is 15.5 Å². The van der Waals surface area contributed by atoms with Crippen molar-refractivity contribution in [3.63, 3.8) is 0 Å². The van der Waals surface area contributed by atoms with Gasteiger partial charge in [0.1, 0.15) is 6.33 Å². The third-order valence-corrected chi connectivity index (χ3v) is 4.66. The van der Waals surface area contributed by atoms with Gasteiger partial charge in [-0.2, -0.15) is 0 Å². The summed E-state index contributed by atoms with van der Waals surface area (Å²) in [5, 5.41) is 12.2. The van der Waals surface area contributed by atoms with Crippen LogP contribution in [0.4, 0.5) is 17.3 Å². The maximum atomic E-state index is 12.3. The van der Waals surface area contributed by atoms with Crippen molar-refractivity contribution in [3.05, 3.63) is 50.2 Å². The first kappa shape index (κ1) is 19.1. The van der Waals surface area contributed by atoms with Gasteiger partial charge in [0.25, 0.3) is 5.91 Å². The molecule has 1 fully saturated rings. The molecule has 0 radical (unpaired) electrons. The number of rotatable bonds is 5. The van der Waals surface area contributed by atoms with Gasteiger partial charge >= 0.3 is 5.69 Å². The van der Waals surface area contributed by atoms with Crippen LogP contribution in [0.25, 0.3) is 0 Å². The molecule has 1 saturated heterocycles. The van der Waals surface area contributed by atoms with Crippen LogP contribution in [0.2, 0.25) is 10.0 Å². The lowest BCUT2D eigenvalue weighted by molar-refractivity contribution is -0.383. The third kappa shape index (κ3) is 4.37. The molecule has 11 heteroatoms. The van der Waals surface area contributed by atoms with Crippen LogP contribution in [0, 0.1) is 10.1 Å². The summed E-state index contributed by atoms with van der Waals surface area (Å²) in [6.45, 7) is 1.37. The highest BCUT2D eigenvalue weighted by Gasteiger charge is 2.28. The highest BCUT2D eigenvalue weighted by Crippen LogP contribution is 2.32. The molecule has 1 aromatic heterocycles. The molecule has 0 unspecified atom stereocenters. The molecule has 3 rings (SSSR count). The predicted molar refractivity (Wildman–Crippen MR) is 102 cm³/mol. The quantitative estimate of drug-likeness (QED) is 0.572. The lowest BCUT2D eigenvalue weighted by Gasteiger charge is -2.27. The number of benzene rings is 1. The largest absolute Gasteiger partial charge is 0.355 e. The summed E-state index contributed by atoms with van der Waals surface area (Å²) in [7, 11) is 0. The van der Waals surface area contributed by atoms with Gasteiger partial charge in [-0.05, 0) is 37.5 Å². The number of hydrazine groups is 1. The molecule has 2 N–H and O–H groups in total. The standard InChI is InChI=1S/C16H16Cl2N6O3/c17-10-4-5-11(12(18)8-10)16(25)22-21-14-13(24(26)27)15(20-9-19-14)23-6-2-1-3-7-23/h4-5,8-9H,1-3,6-7H2,(H,22,25)(H,19,20,21). The maximum absolute atomic E-state index is 12.3. The molecule has 1 aliphatic rings. The minimum atomic E-state index is -0.580. The van der Waals surface area contributed by atoms with Crippen molar-refractivity contribution in [3.8, 4) is 0 Å². The Balaban J connectivity index is 1.82. The Morgan fingerprint density at radius 3 is 2.59 bits per heavy atom. The van der Waals surface area contributed by atoms with Crippen molar-refractivity contribution in [2.75, 3.05) is 23.4 Å². The van der Waals surface area contributed by atoms with E-state index in [0.29, 0.717) is 18.1 Å². The Bertz CT molecular complexity index is 873. The Labute approximate surface area is 164 Å². The number of hydrogen-bond acceptors (Lipinski definition) is 7. The number of carbonyl (C=O) groups excluding carboxylic acids is 1. The molecular formula is C16H16Cl2N6O3. The van der Waals surface area contributed by atoms with Crippen LogP contribution in [0.15, 0.2) is 24.5 Å². The molecule has 1 aromatic carbocycles. The van der Waals surface area contributed by atoms with E-state index in [-0.39, 0.29) is 27.9 Å². The number of halogens is 2. The summed E-state index contributed by atoms with van der Waals surface area (Å²) in [4.78, 5) is 33.2. The topological polar surface area (TPSA) is 113 Å². The smallest absolute Gasteiger partial charge is 0.351 e. The number of nitro groups is 1. The number of hydrogen-bond donors (Lipinski definition) is 2. The fourth-order valence-electron chi connectivity index (χ4n) is 2.82. The minimum absolute atomic E-state index is 0.103. The molecule has 1 amide bonds. The number of carbonyl (C=O) groups is 1. The second-order valence-corrected chi connectivity index (χ2v) is 6.75. The number of piperidine rings is 1. The molecule has 0 saturated carbocycles. The van der Waals surface area contributed by atoms with Gasteiger partial charge in [-0.25, -0.2) is 9.97 Å². The molecule has 0 aliphatic carbocycles. The Hall–Kier alpha value is -2.65. The maximum Gasteiger partial charge on any atom is 0.355 e. The molecule has 0 spiro atoms. The molecular weight excluding hydrogens is 395 g/mol. The fourth-order valence-corrected chi connectivity index (χ4v) is 3.32. The Kier molecular flexibility index (Phi) is 5.92. The molecule has 9 nitrogen and oxygen atoms in total. The van der Waals surface area contributed by atoms with Crippen LogP contribution < -0.4 is 15.8 Å². The van der Waals surface area contributed by atoms with Gasteiger partial charge in [-0.1, -0.05) is 23.2 Å². The number of anilines is 2. The lowest BCUT2D eigenvalue weighted by atomic mass is 10.1. The average molecular weight is 411 g/mol. The van der Waals surface area contributed by atoms with E-state index < -0.39 is 10.8 Å². The summed E-state index contributed by atoms with van der Waals surface area (Å²) in [6, 6.07) is 4.40. The molecule has 142 valence electrons. The van der Waals surface area contributed by atoms with Crippen molar-refractivity contribution in [1.82, 2.24) is 15.4 Å². The van der Waals surface area contributed by atoms with Gasteiger partial charge in [0.2, 0.25) is 11.6 Å². The van der Waals surface area contributed by atoms with E-state index in [1.54, 1.807) is 0 Å². The zero-order valence-electron chi connectivity index (χ0n) is 14.1. The van der Waals surface area contributed by atoms with E-state index in [9.17, 15) is 14.9 Å². The number of nitrogens with zero attached hydrogens (tertiary/aromatic N) is 4. The molecule has 2 heterocycles. The summed E-state index contributed by atoms with van der Waals surface area (Å²) in [5.41, 5.74) is 4.75. The predicted octanol–water partition coefficient (Wildman–Crippen LogP) is 3.44. The summed E-state index contributed by atoms with van der Waals surface area (Å²) < 4.78 is 0. The molecule has 27 heavy (non-hydrogen) atoms. The van der Waals surface area contributed by atoms with Crippen LogP contribution in [0.5, 0.6) is 0 Å². The Morgan fingerprint density at radius 1 is 1.19 bits per heavy atom. The zero-order chi connectivity index (χ0) is 19.4. The lowest BCUT2D eigenvalue weighted by Crippen LogP contribution is -2.33. The van der Waals surface area contributed by atoms with Crippen molar-refractivity contribution < 1.29 is 9.72 Å². The molecule has 0 bridgehead atoms. The monoisotopic (exact) mass is 410 g/mol. The second kappa shape index (κ2) is 8.36. The van der Waals surface area contributed by atoms with Crippen molar-refractivity contribution in [1.29, 1.82) is 0 Å². The van der Waals surface area contributed by atoms with Crippen molar-refractivity contribution in [2.24, 2.45) is 0 Å². The van der Waals surface area contributed by atoms with Gasteiger partial charge in [-0.3, -0.25) is 25.8 Å². The first-order chi connectivity index (χ1) is 13.0. The van der Waals surface area contributed by atoms with Gasteiger partial charge in [-0.15, -0.1) is 0 Å². The van der Waals surface area contributed by atoms with Crippen LogP contribution >= 0.6 is 23.2 Å². The van der Waals surface area contributed by atoms with Crippen LogP contribution in [-0.2, 0) is 0 Å². The van der Waals surface area contributed by atoms with E-state index in [2.05, 4.69) is 20.8 Å². The number of amides is 1. The van der Waals surface area contributed by atoms with E-state index in [4.69, 9.17) is 23.2 Å². The molecule has 0 atom stereocenters. The second-order valence-electron chi connectivity index (χ2n) is 5.90. The average Bonchev–Trinajstić information content (AvgIpc) is 2.66. The first-order valence-electron chi connectivity index (χ1n) is 8.23. The van der Waals surface area contributed by atoms with E-state index in [1.807, 2.05) is 4.90 Å². The summed E-state index contributed by atoms with van der Waals surface area (Å²) >= 11 is 11.8. The van der Waals surface area contributed by atoms with E-state index in [1.165, 1.54) is 24.5 Å². The van der Waals surface area contributed by atoms with E-state index >= 15 is 0 Å². The number of nitrogens with one attached hydrogen (secondary N) is 2. The molecule has 1 aliphatic heterocycles. The van der Waals surface area contributed by atoms with Crippen molar-refractivity contribution in [2.45, 2.75) is 19.3 Å². The number of aromatic nitrogens is 2. The first-order valence-corrected chi connectivity index (χ1v) is 8.98. The Morgan fingerprint density at radius 2 is 1.93 bits per heavy atom. The van der Waals surface area contributed by atoms with Crippen molar-refractivity contribution >= 4 is 46.4 Å². The summed E-state index contributed by atoms with van der Waals surface area (Å²) in [6.07, 6.45) is 4.19. The van der Waals surface area contributed by atoms with Gasteiger partial charge in [0, 0.05) is 18.1 Å². The zero-order valence-corrected chi connectivity index (χ0v) is 15.6. The minimum Gasteiger partial charge on any atom is -0.351 e. The normalized spacial score (nSPS) is 13.9. The highest BCUT2D eigenvalue weighted by atomic mass is 35.5. The van der Waals surface area contributed by atoms with Gasteiger partial charge < -0.3 is 4.90 Å². The molecule has 2 aromatic rings. The van der Waals surface area contributed by atoms with Crippen LogP contribution in [0.1, 0.15) is 29.6 Å². The van der Waals surface area contributed by atoms with E-state index in [0.717, 1.165) is 19.3 Å². The summed E-state index contributed by atoms with van der Waals surface area (Å²) in [5.74, 6) is -0.450. The van der Waals surface area contributed by atoms with Gasteiger partial charge in [0.15, 0.2) is 0 Å². The highest BCUT2D eigenvalue weighted by molar-refractivity contribution is 6.36. The van der Waals surface area contributed by atoms with Crippen LogP contribution in [0.3, 0.4) is 0 Å².